The van der Waals surface area contributed by atoms with Crippen molar-refractivity contribution in [2.45, 2.75) is 18.9 Å². The predicted molar refractivity (Wildman–Crippen MR) is 75.6 cm³/mol. The van der Waals surface area contributed by atoms with Crippen LogP contribution in [0.2, 0.25) is 0 Å². The van der Waals surface area contributed by atoms with E-state index in [4.69, 9.17) is 10.8 Å². The first kappa shape index (κ1) is 13.7. The second-order valence-corrected chi connectivity index (χ2v) is 4.99. The lowest BCUT2D eigenvalue weighted by atomic mass is 10.1. The first-order valence-electron chi connectivity index (χ1n) is 6.61. The lowest BCUT2D eigenvalue weighted by Crippen LogP contribution is -2.38. The average molecular weight is 263 g/mol. The molecule has 104 valence electrons. The maximum absolute atomic E-state index is 10.9. The third-order valence-corrected chi connectivity index (χ3v) is 3.75. The zero-order valence-corrected chi connectivity index (χ0v) is 11.2. The third-order valence-electron chi connectivity index (χ3n) is 3.75. The number of anilines is 1. The van der Waals surface area contributed by atoms with Gasteiger partial charge in [0.05, 0.1) is 6.04 Å². The summed E-state index contributed by atoms with van der Waals surface area (Å²) < 4.78 is 0. The van der Waals surface area contributed by atoms with Gasteiger partial charge in [-0.2, -0.15) is 0 Å². The minimum Gasteiger partial charge on any atom is -0.465 e. The van der Waals surface area contributed by atoms with E-state index in [-0.39, 0.29) is 6.04 Å². The van der Waals surface area contributed by atoms with Crippen molar-refractivity contribution in [3.8, 4) is 0 Å². The SMILES string of the molecule is CN(C(=O)O)[C@@H]1CCN(c2ccc(CCN)cc2)C1. The van der Waals surface area contributed by atoms with Gasteiger partial charge in [-0.1, -0.05) is 12.1 Å². The van der Waals surface area contributed by atoms with Gasteiger partial charge in [-0.25, -0.2) is 4.79 Å². The molecule has 19 heavy (non-hydrogen) atoms. The smallest absolute Gasteiger partial charge is 0.407 e. The van der Waals surface area contributed by atoms with Crippen LogP contribution in [0.25, 0.3) is 0 Å². The van der Waals surface area contributed by atoms with Crippen LogP contribution >= 0.6 is 0 Å². The lowest BCUT2D eigenvalue weighted by molar-refractivity contribution is 0.142. The fraction of sp³-hybridized carbons (Fsp3) is 0.500. The number of carboxylic acid groups (broad SMARTS) is 1. The van der Waals surface area contributed by atoms with Crippen molar-refractivity contribution in [3.05, 3.63) is 29.8 Å². The molecule has 1 aromatic rings. The van der Waals surface area contributed by atoms with Crippen molar-refractivity contribution >= 4 is 11.8 Å². The van der Waals surface area contributed by atoms with Gasteiger partial charge in [0, 0.05) is 25.8 Å². The molecule has 5 heteroatoms. The van der Waals surface area contributed by atoms with E-state index in [1.54, 1.807) is 7.05 Å². The molecule has 0 aliphatic carbocycles. The highest BCUT2D eigenvalue weighted by Crippen LogP contribution is 2.23. The van der Waals surface area contributed by atoms with Gasteiger partial charge >= 0.3 is 6.09 Å². The van der Waals surface area contributed by atoms with E-state index in [0.29, 0.717) is 6.54 Å². The fourth-order valence-corrected chi connectivity index (χ4v) is 2.49. The van der Waals surface area contributed by atoms with E-state index in [9.17, 15) is 4.79 Å². The van der Waals surface area contributed by atoms with E-state index in [2.05, 4.69) is 29.2 Å². The molecule has 1 amide bonds. The average Bonchev–Trinajstić information content (AvgIpc) is 2.88. The van der Waals surface area contributed by atoms with Crippen LogP contribution in [0.15, 0.2) is 24.3 Å². The van der Waals surface area contributed by atoms with Crippen molar-refractivity contribution in [3.63, 3.8) is 0 Å². The molecule has 0 saturated carbocycles. The second-order valence-electron chi connectivity index (χ2n) is 4.99. The van der Waals surface area contributed by atoms with Crippen LogP contribution in [0.4, 0.5) is 10.5 Å². The number of hydrogen-bond donors (Lipinski definition) is 2. The number of nitrogens with zero attached hydrogens (tertiary/aromatic N) is 2. The summed E-state index contributed by atoms with van der Waals surface area (Å²) in [6.45, 7) is 2.33. The molecular formula is C14H21N3O2. The number of likely N-dealkylation sites (N-methyl/N-ethyl adjacent to an activating group) is 1. The highest BCUT2D eigenvalue weighted by atomic mass is 16.4. The van der Waals surface area contributed by atoms with Gasteiger partial charge in [-0.05, 0) is 37.1 Å². The van der Waals surface area contributed by atoms with Crippen molar-refractivity contribution in [2.24, 2.45) is 5.73 Å². The molecule has 1 aromatic carbocycles. The van der Waals surface area contributed by atoms with Gasteiger partial charge in [-0.15, -0.1) is 0 Å². The van der Waals surface area contributed by atoms with Gasteiger partial charge in [0.25, 0.3) is 0 Å². The molecule has 0 unspecified atom stereocenters. The highest BCUT2D eigenvalue weighted by Gasteiger charge is 2.28. The van der Waals surface area contributed by atoms with E-state index < -0.39 is 6.09 Å². The van der Waals surface area contributed by atoms with Crippen molar-refractivity contribution in [1.82, 2.24) is 4.90 Å². The number of hydrogen-bond acceptors (Lipinski definition) is 3. The minimum absolute atomic E-state index is 0.0845. The maximum atomic E-state index is 10.9. The van der Waals surface area contributed by atoms with Crippen LogP contribution in [0.1, 0.15) is 12.0 Å². The molecule has 3 N–H and O–H groups in total. The predicted octanol–water partition coefficient (Wildman–Crippen LogP) is 1.38. The van der Waals surface area contributed by atoms with Crippen LogP contribution in [-0.4, -0.2) is 48.8 Å². The summed E-state index contributed by atoms with van der Waals surface area (Å²) in [5.41, 5.74) is 7.92. The summed E-state index contributed by atoms with van der Waals surface area (Å²) in [5.74, 6) is 0. The fourth-order valence-electron chi connectivity index (χ4n) is 2.49. The molecule has 0 bridgehead atoms. The highest BCUT2D eigenvalue weighted by molar-refractivity contribution is 5.65. The Bertz CT molecular complexity index is 433. The summed E-state index contributed by atoms with van der Waals surface area (Å²) in [5, 5.41) is 8.99. The molecule has 1 heterocycles. The monoisotopic (exact) mass is 263 g/mol. The molecule has 0 aromatic heterocycles. The molecule has 2 rings (SSSR count). The van der Waals surface area contributed by atoms with Crippen LogP contribution in [0.5, 0.6) is 0 Å². The first-order chi connectivity index (χ1) is 9.11. The molecule has 5 nitrogen and oxygen atoms in total. The summed E-state index contributed by atoms with van der Waals surface area (Å²) in [6.07, 6.45) is 0.919. The standard InChI is InChI=1S/C14H21N3O2/c1-16(14(18)19)13-7-9-17(10-13)12-4-2-11(3-5-12)6-8-15/h2-5,13H,6-10,15H2,1H3,(H,18,19)/t13-/m1/s1. The van der Waals surface area contributed by atoms with Gasteiger partial charge in [0.15, 0.2) is 0 Å². The van der Waals surface area contributed by atoms with E-state index in [0.717, 1.165) is 31.6 Å². The Morgan fingerprint density at radius 2 is 2.16 bits per heavy atom. The molecule has 1 aliphatic heterocycles. The Morgan fingerprint density at radius 1 is 1.47 bits per heavy atom. The van der Waals surface area contributed by atoms with E-state index in [1.165, 1.54) is 10.5 Å². The Balaban J connectivity index is 1.98. The zero-order valence-electron chi connectivity index (χ0n) is 11.2. The first-order valence-corrected chi connectivity index (χ1v) is 6.61. The zero-order chi connectivity index (χ0) is 13.8. The third kappa shape index (κ3) is 3.17. The quantitative estimate of drug-likeness (QED) is 0.861. The van der Waals surface area contributed by atoms with Gasteiger partial charge in [0.2, 0.25) is 0 Å². The number of rotatable bonds is 4. The van der Waals surface area contributed by atoms with Crippen molar-refractivity contribution in [1.29, 1.82) is 0 Å². The minimum atomic E-state index is -0.856. The molecule has 0 spiro atoms. The Labute approximate surface area is 113 Å². The van der Waals surface area contributed by atoms with E-state index in [1.807, 2.05) is 0 Å². The summed E-state index contributed by atoms with van der Waals surface area (Å²) >= 11 is 0. The number of amides is 1. The number of nitrogens with two attached hydrogens (primary N) is 1. The largest absolute Gasteiger partial charge is 0.465 e. The maximum Gasteiger partial charge on any atom is 0.407 e. The van der Waals surface area contributed by atoms with E-state index >= 15 is 0 Å². The summed E-state index contributed by atoms with van der Waals surface area (Å²) in [6, 6.07) is 8.45. The van der Waals surface area contributed by atoms with Gasteiger partial charge in [0.1, 0.15) is 0 Å². The van der Waals surface area contributed by atoms with Crippen LogP contribution < -0.4 is 10.6 Å². The molecule has 1 aliphatic rings. The van der Waals surface area contributed by atoms with Crippen LogP contribution in [0, 0.1) is 0 Å². The summed E-state index contributed by atoms with van der Waals surface area (Å²) in [7, 11) is 1.64. The number of benzene rings is 1. The second kappa shape index (κ2) is 5.93. The number of carbonyl (C=O) groups is 1. The molecule has 1 fully saturated rings. The lowest BCUT2D eigenvalue weighted by Gasteiger charge is -2.23. The molecular weight excluding hydrogens is 242 g/mol. The Hall–Kier alpha value is -1.75. The van der Waals surface area contributed by atoms with Crippen LogP contribution in [-0.2, 0) is 6.42 Å². The normalized spacial score (nSPS) is 18.6. The topological polar surface area (TPSA) is 69.8 Å². The Morgan fingerprint density at radius 3 is 2.74 bits per heavy atom. The van der Waals surface area contributed by atoms with Crippen molar-refractivity contribution < 1.29 is 9.90 Å². The van der Waals surface area contributed by atoms with Gasteiger partial charge < -0.3 is 20.6 Å². The molecule has 1 atom stereocenters. The Kier molecular flexibility index (Phi) is 4.27. The molecule has 0 radical (unpaired) electrons. The van der Waals surface area contributed by atoms with Crippen LogP contribution in [0.3, 0.4) is 0 Å². The molecule has 1 saturated heterocycles. The van der Waals surface area contributed by atoms with Gasteiger partial charge in [-0.3, -0.25) is 0 Å². The summed E-state index contributed by atoms with van der Waals surface area (Å²) in [4.78, 5) is 14.6. The van der Waals surface area contributed by atoms with Crippen molar-refractivity contribution in [2.75, 3.05) is 31.6 Å².